The van der Waals surface area contributed by atoms with Crippen molar-refractivity contribution in [3.05, 3.63) is 17.7 Å². The van der Waals surface area contributed by atoms with E-state index in [2.05, 4.69) is 17.4 Å². The summed E-state index contributed by atoms with van der Waals surface area (Å²) in [5.74, 6) is 3.05. The van der Waals surface area contributed by atoms with Crippen LogP contribution in [-0.4, -0.2) is 27.0 Å². The molecule has 2 aliphatic heterocycles. The van der Waals surface area contributed by atoms with Gasteiger partial charge in [-0.25, -0.2) is 0 Å². The Kier molecular flexibility index (Phi) is 2.81. The quantitative estimate of drug-likeness (QED) is 0.863. The first-order chi connectivity index (χ1) is 8.36. The monoisotopic (exact) mass is 235 g/mol. The number of hydrogen-bond acceptors (Lipinski definition) is 4. The number of hydrogen-bond donors (Lipinski definition) is 1. The third-order valence-corrected chi connectivity index (χ3v) is 3.40. The Morgan fingerprint density at radius 2 is 2.35 bits per heavy atom. The van der Waals surface area contributed by atoms with Crippen molar-refractivity contribution in [3.8, 4) is 17.2 Å². The lowest BCUT2D eigenvalue weighted by atomic mass is 9.98. The minimum absolute atomic E-state index is 0.292. The molecule has 0 radical (unpaired) electrons. The number of ether oxygens (including phenoxy) is 3. The summed E-state index contributed by atoms with van der Waals surface area (Å²) in [4.78, 5) is 0. The van der Waals surface area contributed by atoms with E-state index >= 15 is 0 Å². The first-order valence-corrected chi connectivity index (χ1v) is 6.04. The predicted octanol–water partition coefficient (Wildman–Crippen LogP) is 1.58. The minimum Gasteiger partial charge on any atom is -0.493 e. The van der Waals surface area contributed by atoms with Gasteiger partial charge in [0.15, 0.2) is 11.5 Å². The summed E-state index contributed by atoms with van der Waals surface area (Å²) in [6, 6.07) is 4.13. The van der Waals surface area contributed by atoms with Crippen LogP contribution in [0.5, 0.6) is 17.2 Å². The van der Waals surface area contributed by atoms with Crippen LogP contribution in [-0.2, 0) is 6.42 Å². The van der Waals surface area contributed by atoms with Crippen LogP contribution in [0.4, 0.5) is 0 Å². The Labute approximate surface area is 101 Å². The Balaban J connectivity index is 1.84. The maximum absolute atomic E-state index is 5.43. The van der Waals surface area contributed by atoms with Crippen LogP contribution in [0.1, 0.15) is 12.0 Å². The standard InChI is InChI=1S/C13H17NO3/c1-15-11-5-10(4-9-2-3-14-7-9)6-12-13(11)17-8-16-12/h5-6,9,14H,2-4,7-8H2,1H3. The van der Waals surface area contributed by atoms with Gasteiger partial charge in [-0.2, -0.15) is 0 Å². The summed E-state index contributed by atoms with van der Waals surface area (Å²) in [5.41, 5.74) is 1.26. The molecule has 17 heavy (non-hydrogen) atoms. The largest absolute Gasteiger partial charge is 0.493 e. The molecule has 1 saturated heterocycles. The van der Waals surface area contributed by atoms with Crippen molar-refractivity contribution in [1.82, 2.24) is 5.32 Å². The summed E-state index contributed by atoms with van der Waals surface area (Å²) in [5, 5.41) is 3.39. The van der Waals surface area contributed by atoms with Gasteiger partial charge in [0.05, 0.1) is 7.11 Å². The van der Waals surface area contributed by atoms with Crippen LogP contribution in [0.15, 0.2) is 12.1 Å². The molecule has 2 heterocycles. The molecule has 4 nitrogen and oxygen atoms in total. The molecular weight excluding hydrogens is 218 g/mol. The van der Waals surface area contributed by atoms with E-state index in [1.807, 2.05) is 0 Å². The van der Waals surface area contributed by atoms with E-state index in [0.29, 0.717) is 6.79 Å². The molecule has 0 saturated carbocycles. The van der Waals surface area contributed by atoms with Crippen LogP contribution >= 0.6 is 0 Å². The fraction of sp³-hybridized carbons (Fsp3) is 0.538. The highest BCUT2D eigenvalue weighted by molar-refractivity contribution is 5.55. The summed E-state index contributed by atoms with van der Waals surface area (Å²) in [6.45, 7) is 2.53. The Morgan fingerprint density at radius 1 is 1.41 bits per heavy atom. The van der Waals surface area contributed by atoms with Gasteiger partial charge in [0.1, 0.15) is 0 Å². The van der Waals surface area contributed by atoms with E-state index in [4.69, 9.17) is 14.2 Å². The highest BCUT2D eigenvalue weighted by atomic mass is 16.7. The highest BCUT2D eigenvalue weighted by Gasteiger charge is 2.22. The van der Waals surface area contributed by atoms with Gasteiger partial charge in [-0.05, 0) is 49.5 Å². The van der Waals surface area contributed by atoms with Gasteiger partial charge in [0.2, 0.25) is 12.5 Å². The predicted molar refractivity (Wildman–Crippen MR) is 63.8 cm³/mol. The maximum Gasteiger partial charge on any atom is 0.231 e. The molecule has 0 aromatic heterocycles. The van der Waals surface area contributed by atoms with Crippen molar-refractivity contribution >= 4 is 0 Å². The molecule has 1 aromatic carbocycles. The molecule has 1 aromatic rings. The van der Waals surface area contributed by atoms with Crippen molar-refractivity contribution in [2.45, 2.75) is 12.8 Å². The third kappa shape index (κ3) is 2.05. The first kappa shape index (κ1) is 10.7. The second-order valence-corrected chi connectivity index (χ2v) is 4.59. The molecule has 1 fully saturated rings. The summed E-state index contributed by atoms with van der Waals surface area (Å²) in [7, 11) is 1.66. The molecule has 2 aliphatic rings. The van der Waals surface area contributed by atoms with Crippen LogP contribution in [0.3, 0.4) is 0 Å². The van der Waals surface area contributed by atoms with E-state index in [9.17, 15) is 0 Å². The lowest BCUT2D eigenvalue weighted by Gasteiger charge is -2.11. The van der Waals surface area contributed by atoms with Gasteiger partial charge in [0.25, 0.3) is 0 Å². The van der Waals surface area contributed by atoms with Gasteiger partial charge < -0.3 is 19.5 Å². The van der Waals surface area contributed by atoms with E-state index in [1.165, 1.54) is 12.0 Å². The smallest absolute Gasteiger partial charge is 0.231 e. The molecule has 0 amide bonds. The molecular formula is C13H17NO3. The SMILES string of the molecule is COc1cc(CC2CCNC2)cc2c1OCO2. The van der Waals surface area contributed by atoms with Gasteiger partial charge >= 0.3 is 0 Å². The van der Waals surface area contributed by atoms with Crippen molar-refractivity contribution < 1.29 is 14.2 Å². The molecule has 1 N–H and O–H groups in total. The summed E-state index contributed by atoms with van der Waals surface area (Å²) >= 11 is 0. The lowest BCUT2D eigenvalue weighted by Crippen LogP contribution is -2.10. The van der Waals surface area contributed by atoms with E-state index in [1.54, 1.807) is 7.11 Å². The first-order valence-electron chi connectivity index (χ1n) is 6.04. The zero-order chi connectivity index (χ0) is 11.7. The molecule has 1 atom stereocenters. The summed E-state index contributed by atoms with van der Waals surface area (Å²) < 4.78 is 16.2. The zero-order valence-corrected chi connectivity index (χ0v) is 9.99. The second-order valence-electron chi connectivity index (χ2n) is 4.59. The fourth-order valence-electron chi connectivity index (χ4n) is 2.52. The van der Waals surface area contributed by atoms with E-state index < -0.39 is 0 Å². The Hall–Kier alpha value is -1.42. The van der Waals surface area contributed by atoms with E-state index in [-0.39, 0.29) is 0 Å². The van der Waals surface area contributed by atoms with Gasteiger partial charge in [-0.15, -0.1) is 0 Å². The van der Waals surface area contributed by atoms with Crippen LogP contribution in [0.2, 0.25) is 0 Å². The lowest BCUT2D eigenvalue weighted by molar-refractivity contribution is 0.171. The maximum atomic E-state index is 5.43. The van der Waals surface area contributed by atoms with Crippen LogP contribution < -0.4 is 19.5 Å². The molecule has 92 valence electrons. The zero-order valence-electron chi connectivity index (χ0n) is 9.99. The van der Waals surface area contributed by atoms with Gasteiger partial charge in [-0.1, -0.05) is 0 Å². The van der Waals surface area contributed by atoms with Gasteiger partial charge in [-0.3, -0.25) is 0 Å². The highest BCUT2D eigenvalue weighted by Crippen LogP contribution is 2.42. The number of methoxy groups -OCH3 is 1. The third-order valence-electron chi connectivity index (χ3n) is 3.40. The molecule has 4 heteroatoms. The summed E-state index contributed by atoms with van der Waals surface area (Å²) in [6.07, 6.45) is 2.32. The number of fused-ring (bicyclic) bond motifs is 1. The molecule has 3 rings (SSSR count). The van der Waals surface area contributed by atoms with Crippen molar-refractivity contribution in [2.24, 2.45) is 5.92 Å². The normalized spacial score (nSPS) is 21.8. The number of benzene rings is 1. The second kappa shape index (κ2) is 4.45. The van der Waals surface area contributed by atoms with Gasteiger partial charge in [0, 0.05) is 0 Å². The van der Waals surface area contributed by atoms with Crippen molar-refractivity contribution in [2.75, 3.05) is 27.0 Å². The van der Waals surface area contributed by atoms with Crippen LogP contribution in [0, 0.1) is 5.92 Å². The molecule has 0 bridgehead atoms. The average Bonchev–Trinajstić information content (AvgIpc) is 2.98. The number of nitrogens with one attached hydrogen (secondary N) is 1. The van der Waals surface area contributed by atoms with Crippen molar-refractivity contribution in [3.63, 3.8) is 0 Å². The molecule has 1 unspecified atom stereocenters. The minimum atomic E-state index is 0.292. The molecule has 0 spiro atoms. The molecule has 0 aliphatic carbocycles. The van der Waals surface area contributed by atoms with Crippen molar-refractivity contribution in [1.29, 1.82) is 0 Å². The fourth-order valence-corrected chi connectivity index (χ4v) is 2.52. The average molecular weight is 235 g/mol. The van der Waals surface area contributed by atoms with E-state index in [0.717, 1.165) is 42.7 Å². The Morgan fingerprint density at radius 3 is 3.12 bits per heavy atom. The van der Waals surface area contributed by atoms with Crippen LogP contribution in [0.25, 0.3) is 0 Å². The number of rotatable bonds is 3. The topological polar surface area (TPSA) is 39.7 Å². The Bertz CT molecular complexity index is 413.